The van der Waals surface area contributed by atoms with Crippen LogP contribution in [-0.2, 0) is 10.2 Å². The maximum absolute atomic E-state index is 12.0. The number of aliphatic hydroxyl groups excluding tert-OH is 1. The van der Waals surface area contributed by atoms with E-state index in [0.29, 0.717) is 25.1 Å². The van der Waals surface area contributed by atoms with E-state index in [1.807, 2.05) is 0 Å². The number of benzene rings is 1. The number of aromatic hydroxyl groups is 1. The van der Waals surface area contributed by atoms with Crippen LogP contribution < -0.4 is 11.1 Å². The molecule has 0 unspecified atom stereocenters. The molecule has 0 saturated heterocycles. The van der Waals surface area contributed by atoms with Crippen molar-refractivity contribution in [2.24, 2.45) is 5.73 Å². The summed E-state index contributed by atoms with van der Waals surface area (Å²) in [6, 6.07) is 4.71. The molecule has 2 rings (SSSR count). The van der Waals surface area contributed by atoms with Crippen molar-refractivity contribution in [2.75, 3.05) is 11.9 Å². The van der Waals surface area contributed by atoms with Gasteiger partial charge < -0.3 is 20.7 Å². The van der Waals surface area contributed by atoms with Crippen molar-refractivity contribution in [3.8, 4) is 5.75 Å². The Kier molecular flexibility index (Phi) is 4.35. The van der Waals surface area contributed by atoms with Crippen LogP contribution >= 0.6 is 0 Å². The number of nitrogens with one attached hydrogen (secondary N) is 1. The smallest absolute Gasteiger partial charge is 0.412 e. The van der Waals surface area contributed by atoms with Crippen LogP contribution in [0.5, 0.6) is 5.75 Å². The van der Waals surface area contributed by atoms with Crippen LogP contribution in [0.25, 0.3) is 0 Å². The number of nitrogens with two attached hydrogens (primary N) is 1. The Labute approximate surface area is 130 Å². The average Bonchev–Trinajstić information content (AvgIpc) is 2.34. The van der Waals surface area contributed by atoms with Crippen molar-refractivity contribution >= 4 is 11.8 Å². The lowest BCUT2D eigenvalue weighted by Gasteiger charge is -2.46. The van der Waals surface area contributed by atoms with Crippen molar-refractivity contribution in [2.45, 2.75) is 50.7 Å². The fourth-order valence-corrected chi connectivity index (χ4v) is 2.83. The zero-order valence-corrected chi connectivity index (χ0v) is 13.2. The van der Waals surface area contributed by atoms with Crippen molar-refractivity contribution in [1.29, 1.82) is 0 Å². The van der Waals surface area contributed by atoms with Crippen molar-refractivity contribution < 1.29 is 19.7 Å². The van der Waals surface area contributed by atoms with Gasteiger partial charge in [-0.1, -0.05) is 0 Å². The number of hydrogen-bond donors (Lipinski definition) is 4. The second-order valence-electron chi connectivity index (χ2n) is 6.90. The molecule has 0 spiro atoms. The summed E-state index contributed by atoms with van der Waals surface area (Å²) in [6.07, 6.45) is 0.0538. The second kappa shape index (κ2) is 5.78. The summed E-state index contributed by atoms with van der Waals surface area (Å²) in [4.78, 5) is 12.0. The number of amides is 1. The Bertz CT molecular complexity index is 560. The van der Waals surface area contributed by atoms with Crippen LogP contribution in [0, 0.1) is 0 Å². The predicted molar refractivity (Wildman–Crippen MR) is 83.9 cm³/mol. The molecule has 1 amide bonds. The van der Waals surface area contributed by atoms with Gasteiger partial charge in [-0.25, -0.2) is 4.79 Å². The molecule has 0 bridgehead atoms. The summed E-state index contributed by atoms with van der Waals surface area (Å²) in [5, 5.41) is 22.1. The fourth-order valence-electron chi connectivity index (χ4n) is 2.83. The Balaban J connectivity index is 2.27. The molecule has 22 heavy (non-hydrogen) atoms. The monoisotopic (exact) mass is 308 g/mol. The number of phenols is 1. The third-order valence-electron chi connectivity index (χ3n) is 3.85. The molecule has 1 aromatic carbocycles. The molecule has 0 atom stereocenters. The summed E-state index contributed by atoms with van der Waals surface area (Å²) < 4.78 is 5.25. The summed E-state index contributed by atoms with van der Waals surface area (Å²) in [6.45, 7) is 5.69. The van der Waals surface area contributed by atoms with Gasteiger partial charge in [-0.2, -0.15) is 0 Å². The van der Waals surface area contributed by atoms with Crippen molar-refractivity contribution in [1.82, 2.24) is 0 Å². The minimum atomic E-state index is -0.598. The van der Waals surface area contributed by atoms with E-state index in [-0.39, 0.29) is 5.75 Å². The minimum absolute atomic E-state index is 0.0963. The summed E-state index contributed by atoms with van der Waals surface area (Å²) in [5.41, 5.74) is 6.13. The van der Waals surface area contributed by atoms with E-state index in [0.717, 1.165) is 5.56 Å². The molecule has 6 heteroatoms. The van der Waals surface area contributed by atoms with Gasteiger partial charge in [0.05, 0.1) is 6.10 Å². The van der Waals surface area contributed by atoms with Crippen LogP contribution in [0.4, 0.5) is 10.5 Å². The highest BCUT2D eigenvalue weighted by molar-refractivity contribution is 5.86. The number of ether oxygens (including phenoxy) is 1. The van der Waals surface area contributed by atoms with Gasteiger partial charge in [0, 0.05) is 17.6 Å². The number of rotatable bonds is 3. The Morgan fingerprint density at radius 2 is 2.09 bits per heavy atom. The molecule has 1 aromatic rings. The molecule has 6 nitrogen and oxygen atoms in total. The number of aliphatic hydroxyl groups is 1. The van der Waals surface area contributed by atoms with Gasteiger partial charge in [0.2, 0.25) is 0 Å². The Hall–Kier alpha value is -1.79. The summed E-state index contributed by atoms with van der Waals surface area (Å²) >= 11 is 0. The lowest BCUT2D eigenvalue weighted by molar-refractivity contribution is 0.0224. The molecule has 1 aliphatic carbocycles. The Morgan fingerprint density at radius 1 is 1.45 bits per heavy atom. The molecular weight excluding hydrogens is 284 g/mol. The third kappa shape index (κ3) is 3.51. The standard InChI is InChI=1S/C16H24N2O4/c1-15(2,3)22-14(21)18-13-5-4-10(19)6-12(13)16(9-17)7-11(20)8-16/h4-6,11,19-20H,7-9,17H2,1-3H3,(H,18,21). The van der Waals surface area contributed by atoms with Gasteiger partial charge in [0.15, 0.2) is 0 Å². The van der Waals surface area contributed by atoms with E-state index in [1.165, 1.54) is 6.07 Å². The molecule has 1 fully saturated rings. The predicted octanol–water partition coefficient (Wildman–Crippen LogP) is 2.09. The van der Waals surface area contributed by atoms with Crippen molar-refractivity contribution in [3.05, 3.63) is 23.8 Å². The molecule has 1 aliphatic rings. The molecule has 122 valence electrons. The number of carbonyl (C=O) groups is 1. The third-order valence-corrected chi connectivity index (χ3v) is 3.85. The van der Waals surface area contributed by atoms with E-state index in [9.17, 15) is 15.0 Å². The summed E-state index contributed by atoms with van der Waals surface area (Å²) in [5.74, 6) is 0.0963. The van der Waals surface area contributed by atoms with Crippen LogP contribution in [0.3, 0.4) is 0 Å². The molecule has 0 heterocycles. The Morgan fingerprint density at radius 3 is 2.59 bits per heavy atom. The quantitative estimate of drug-likeness (QED) is 0.640. The van der Waals surface area contributed by atoms with Gasteiger partial charge in [-0.05, 0) is 57.4 Å². The maximum Gasteiger partial charge on any atom is 0.412 e. The van der Waals surface area contributed by atoms with Crippen LogP contribution in [0.15, 0.2) is 18.2 Å². The SMILES string of the molecule is CC(C)(C)OC(=O)Nc1ccc(O)cc1C1(CN)CC(O)C1. The summed E-state index contributed by atoms with van der Waals surface area (Å²) in [7, 11) is 0. The second-order valence-corrected chi connectivity index (χ2v) is 6.90. The topological polar surface area (TPSA) is 105 Å². The maximum atomic E-state index is 12.0. The molecule has 0 aliphatic heterocycles. The van der Waals surface area contributed by atoms with Crippen molar-refractivity contribution in [3.63, 3.8) is 0 Å². The minimum Gasteiger partial charge on any atom is -0.508 e. The first kappa shape index (κ1) is 16.6. The van der Waals surface area contributed by atoms with E-state index in [1.54, 1.807) is 32.9 Å². The lowest BCUT2D eigenvalue weighted by atomic mass is 9.62. The number of anilines is 1. The fraction of sp³-hybridized carbons (Fsp3) is 0.562. The first-order valence-electron chi connectivity index (χ1n) is 7.37. The van der Waals surface area contributed by atoms with Gasteiger partial charge in [-0.15, -0.1) is 0 Å². The molecule has 1 saturated carbocycles. The zero-order chi connectivity index (χ0) is 16.5. The van der Waals surface area contributed by atoms with E-state index in [2.05, 4.69) is 5.32 Å². The van der Waals surface area contributed by atoms with E-state index < -0.39 is 23.2 Å². The molecule has 0 radical (unpaired) electrons. The van der Waals surface area contributed by atoms with Crippen LogP contribution in [-0.4, -0.2) is 34.6 Å². The number of carbonyl (C=O) groups excluding carboxylic acids is 1. The molecular formula is C16H24N2O4. The van der Waals surface area contributed by atoms with E-state index in [4.69, 9.17) is 10.5 Å². The van der Waals surface area contributed by atoms with E-state index >= 15 is 0 Å². The normalized spacial score (nSPS) is 24.5. The first-order valence-corrected chi connectivity index (χ1v) is 7.37. The number of hydrogen-bond acceptors (Lipinski definition) is 5. The van der Waals surface area contributed by atoms with Gasteiger partial charge in [0.25, 0.3) is 0 Å². The van der Waals surface area contributed by atoms with Gasteiger partial charge in [-0.3, -0.25) is 5.32 Å². The van der Waals surface area contributed by atoms with Gasteiger partial charge in [0.1, 0.15) is 11.4 Å². The molecule has 5 N–H and O–H groups in total. The largest absolute Gasteiger partial charge is 0.508 e. The number of phenolic OH excluding ortho intramolecular Hbond substituents is 1. The highest BCUT2D eigenvalue weighted by atomic mass is 16.6. The highest BCUT2D eigenvalue weighted by Gasteiger charge is 2.45. The van der Waals surface area contributed by atoms with Crippen LogP contribution in [0.1, 0.15) is 39.2 Å². The molecule has 0 aromatic heterocycles. The first-order chi connectivity index (χ1) is 10.1. The zero-order valence-electron chi connectivity index (χ0n) is 13.2. The average molecular weight is 308 g/mol. The lowest BCUT2D eigenvalue weighted by Crippen LogP contribution is -2.50. The van der Waals surface area contributed by atoms with Crippen LogP contribution in [0.2, 0.25) is 0 Å². The highest BCUT2D eigenvalue weighted by Crippen LogP contribution is 2.46. The van der Waals surface area contributed by atoms with Gasteiger partial charge >= 0.3 is 6.09 Å².